The minimum absolute atomic E-state index is 0.0149. The second-order valence-corrected chi connectivity index (χ2v) is 6.25. The van der Waals surface area contributed by atoms with Crippen molar-refractivity contribution >= 4 is 5.91 Å². The predicted molar refractivity (Wildman–Crippen MR) is 86.4 cm³/mol. The average Bonchev–Trinajstić information content (AvgIpc) is 3.04. The maximum absolute atomic E-state index is 12.7. The molecule has 1 fully saturated rings. The molecule has 2 heterocycles. The van der Waals surface area contributed by atoms with Gasteiger partial charge in [-0.05, 0) is 37.8 Å². The zero-order valence-corrected chi connectivity index (χ0v) is 13.5. The molecular weight excluding hydrogens is 292 g/mol. The van der Waals surface area contributed by atoms with Crippen molar-refractivity contribution in [3.63, 3.8) is 0 Å². The van der Waals surface area contributed by atoms with Crippen molar-refractivity contribution in [1.29, 1.82) is 0 Å². The van der Waals surface area contributed by atoms with Crippen LogP contribution in [0.15, 0.2) is 30.5 Å². The molecule has 1 N–H and O–H groups in total. The van der Waals surface area contributed by atoms with Crippen molar-refractivity contribution in [3.05, 3.63) is 41.7 Å². The van der Waals surface area contributed by atoms with Gasteiger partial charge >= 0.3 is 0 Å². The number of aromatic nitrogens is 3. The summed E-state index contributed by atoms with van der Waals surface area (Å²) in [5, 5.41) is 17.7. The normalized spacial score (nSPS) is 21.4. The quantitative estimate of drug-likeness (QED) is 0.938. The molecule has 1 aliphatic heterocycles. The molecule has 2 aromatic rings. The Morgan fingerprint density at radius 1 is 1.35 bits per heavy atom. The molecule has 3 rings (SSSR count). The summed E-state index contributed by atoms with van der Waals surface area (Å²) in [5.74, 6) is 0.138. The van der Waals surface area contributed by atoms with Crippen molar-refractivity contribution in [2.75, 3.05) is 13.2 Å². The van der Waals surface area contributed by atoms with Gasteiger partial charge in [0.2, 0.25) is 0 Å². The van der Waals surface area contributed by atoms with Crippen LogP contribution in [0.1, 0.15) is 35.8 Å². The molecule has 2 atom stereocenters. The first-order valence-corrected chi connectivity index (χ1v) is 8.01. The Balaban J connectivity index is 1.82. The molecule has 23 heavy (non-hydrogen) atoms. The van der Waals surface area contributed by atoms with Crippen LogP contribution in [0.2, 0.25) is 0 Å². The SMILES string of the molecule is Cc1ccc(-n2cc(C(=O)N3CCCC(C)C3CO)nn2)cc1. The number of piperidine rings is 1. The maximum Gasteiger partial charge on any atom is 0.276 e. The second-order valence-electron chi connectivity index (χ2n) is 6.25. The van der Waals surface area contributed by atoms with Gasteiger partial charge in [0, 0.05) is 6.54 Å². The highest BCUT2D eigenvalue weighted by atomic mass is 16.3. The number of aliphatic hydroxyl groups is 1. The topological polar surface area (TPSA) is 71.2 Å². The van der Waals surface area contributed by atoms with E-state index in [1.807, 2.05) is 31.2 Å². The fourth-order valence-electron chi connectivity index (χ4n) is 3.11. The van der Waals surface area contributed by atoms with Crippen molar-refractivity contribution in [2.45, 2.75) is 32.7 Å². The summed E-state index contributed by atoms with van der Waals surface area (Å²) in [6, 6.07) is 7.73. The third kappa shape index (κ3) is 3.12. The minimum Gasteiger partial charge on any atom is -0.394 e. The van der Waals surface area contributed by atoms with Gasteiger partial charge in [0.05, 0.1) is 24.5 Å². The number of hydrogen-bond donors (Lipinski definition) is 1. The molecular formula is C17H22N4O2. The number of nitrogens with zero attached hydrogens (tertiary/aromatic N) is 4. The van der Waals surface area contributed by atoms with Crippen LogP contribution in [-0.2, 0) is 0 Å². The van der Waals surface area contributed by atoms with E-state index in [2.05, 4.69) is 17.2 Å². The van der Waals surface area contributed by atoms with Crippen LogP contribution >= 0.6 is 0 Å². The van der Waals surface area contributed by atoms with E-state index in [0.29, 0.717) is 18.2 Å². The van der Waals surface area contributed by atoms with Crippen LogP contribution in [0.5, 0.6) is 0 Å². The summed E-state index contributed by atoms with van der Waals surface area (Å²) in [5.41, 5.74) is 2.35. The highest BCUT2D eigenvalue weighted by molar-refractivity contribution is 5.92. The first-order valence-electron chi connectivity index (χ1n) is 8.01. The summed E-state index contributed by atoms with van der Waals surface area (Å²) in [7, 11) is 0. The Bertz CT molecular complexity index is 680. The van der Waals surface area contributed by atoms with E-state index in [1.165, 1.54) is 5.56 Å². The number of carbonyl (C=O) groups excluding carboxylic acids is 1. The highest BCUT2D eigenvalue weighted by Gasteiger charge is 2.32. The first-order chi connectivity index (χ1) is 11.1. The molecule has 1 aromatic heterocycles. The van der Waals surface area contributed by atoms with Crippen LogP contribution < -0.4 is 0 Å². The molecule has 0 bridgehead atoms. The first kappa shape index (κ1) is 15.7. The van der Waals surface area contributed by atoms with Gasteiger partial charge in [-0.1, -0.05) is 29.8 Å². The molecule has 1 aromatic carbocycles. The van der Waals surface area contributed by atoms with Gasteiger partial charge in [0.1, 0.15) is 0 Å². The lowest BCUT2D eigenvalue weighted by Crippen LogP contribution is -2.49. The Morgan fingerprint density at radius 2 is 2.09 bits per heavy atom. The van der Waals surface area contributed by atoms with Crippen molar-refractivity contribution < 1.29 is 9.90 Å². The minimum atomic E-state index is -0.158. The van der Waals surface area contributed by atoms with Crippen molar-refractivity contribution in [2.24, 2.45) is 5.92 Å². The standard InChI is InChI=1S/C17H22N4O2/c1-12-5-7-14(8-6-12)21-10-15(18-19-21)17(23)20-9-3-4-13(2)16(20)11-22/h5-8,10,13,16,22H,3-4,9,11H2,1-2H3. The number of benzene rings is 1. The van der Waals surface area contributed by atoms with Crippen LogP contribution in [0.25, 0.3) is 5.69 Å². The summed E-state index contributed by atoms with van der Waals surface area (Å²) in [4.78, 5) is 14.4. The summed E-state index contributed by atoms with van der Waals surface area (Å²) in [6.07, 6.45) is 3.64. The van der Waals surface area contributed by atoms with E-state index in [-0.39, 0.29) is 18.6 Å². The molecule has 0 saturated carbocycles. The zero-order valence-electron chi connectivity index (χ0n) is 13.5. The van der Waals surface area contributed by atoms with Crippen LogP contribution in [0.3, 0.4) is 0 Å². The molecule has 0 spiro atoms. The molecule has 6 nitrogen and oxygen atoms in total. The van der Waals surface area contributed by atoms with Crippen LogP contribution in [0.4, 0.5) is 0 Å². The van der Waals surface area contributed by atoms with Gasteiger partial charge in [0.25, 0.3) is 5.91 Å². The largest absolute Gasteiger partial charge is 0.394 e. The highest BCUT2D eigenvalue weighted by Crippen LogP contribution is 2.24. The maximum atomic E-state index is 12.7. The smallest absolute Gasteiger partial charge is 0.276 e. The number of aliphatic hydroxyl groups excluding tert-OH is 1. The van der Waals surface area contributed by atoms with E-state index in [1.54, 1.807) is 15.8 Å². The molecule has 2 unspecified atom stereocenters. The van der Waals surface area contributed by atoms with Crippen LogP contribution in [-0.4, -0.2) is 50.1 Å². The van der Waals surface area contributed by atoms with Gasteiger partial charge in [0.15, 0.2) is 5.69 Å². The second kappa shape index (κ2) is 6.50. The van der Waals surface area contributed by atoms with Gasteiger partial charge in [-0.2, -0.15) is 0 Å². The lowest BCUT2D eigenvalue weighted by molar-refractivity contribution is 0.0353. The predicted octanol–water partition coefficient (Wildman–Crippen LogP) is 1.81. The van der Waals surface area contributed by atoms with Crippen LogP contribution in [0, 0.1) is 12.8 Å². The monoisotopic (exact) mass is 314 g/mol. The van der Waals surface area contributed by atoms with E-state index in [9.17, 15) is 9.90 Å². The summed E-state index contributed by atoms with van der Waals surface area (Å²) in [6.45, 7) is 4.74. The Kier molecular flexibility index (Phi) is 4.43. The average molecular weight is 314 g/mol. The number of hydrogen-bond acceptors (Lipinski definition) is 4. The van der Waals surface area contributed by atoms with E-state index < -0.39 is 0 Å². The third-order valence-electron chi connectivity index (χ3n) is 4.57. The number of rotatable bonds is 3. The molecule has 1 aliphatic rings. The lowest BCUT2D eigenvalue weighted by Gasteiger charge is -2.38. The third-order valence-corrected chi connectivity index (χ3v) is 4.57. The number of aryl methyl sites for hydroxylation is 1. The van der Waals surface area contributed by atoms with Gasteiger partial charge in [-0.25, -0.2) is 4.68 Å². The lowest BCUT2D eigenvalue weighted by atomic mass is 9.91. The Morgan fingerprint density at radius 3 is 2.78 bits per heavy atom. The Labute approximate surface area is 135 Å². The van der Waals surface area contributed by atoms with Gasteiger partial charge in [-0.15, -0.1) is 5.10 Å². The van der Waals surface area contributed by atoms with E-state index in [0.717, 1.165) is 18.5 Å². The van der Waals surface area contributed by atoms with Gasteiger partial charge < -0.3 is 10.0 Å². The van der Waals surface area contributed by atoms with Gasteiger partial charge in [-0.3, -0.25) is 4.79 Å². The molecule has 0 radical (unpaired) electrons. The van der Waals surface area contributed by atoms with E-state index in [4.69, 9.17) is 0 Å². The van der Waals surface area contributed by atoms with Crippen molar-refractivity contribution in [3.8, 4) is 5.69 Å². The van der Waals surface area contributed by atoms with E-state index >= 15 is 0 Å². The molecule has 1 saturated heterocycles. The number of carbonyl (C=O) groups is 1. The molecule has 0 aliphatic carbocycles. The molecule has 122 valence electrons. The molecule has 6 heteroatoms. The zero-order chi connectivity index (χ0) is 16.4. The Hall–Kier alpha value is -2.21. The molecule has 1 amide bonds. The number of amides is 1. The van der Waals surface area contributed by atoms with Crippen molar-refractivity contribution in [1.82, 2.24) is 19.9 Å². The summed E-state index contributed by atoms with van der Waals surface area (Å²) < 4.78 is 1.61. The fraction of sp³-hybridized carbons (Fsp3) is 0.471. The summed E-state index contributed by atoms with van der Waals surface area (Å²) >= 11 is 0. The fourth-order valence-corrected chi connectivity index (χ4v) is 3.11. The number of likely N-dealkylation sites (tertiary alicyclic amines) is 1.